The molecule has 1 aromatic carbocycles. The van der Waals surface area contributed by atoms with Crippen LogP contribution < -0.4 is 10.6 Å². The second-order valence-corrected chi connectivity index (χ2v) is 8.24. The minimum Gasteiger partial charge on any atom is -0.383 e. The lowest BCUT2D eigenvalue weighted by Gasteiger charge is -2.22. The van der Waals surface area contributed by atoms with E-state index < -0.39 is 0 Å². The third kappa shape index (κ3) is 3.96. The van der Waals surface area contributed by atoms with E-state index in [1.165, 1.54) is 5.56 Å². The Balaban J connectivity index is 2.29. The molecule has 8 heteroatoms. The summed E-state index contributed by atoms with van der Waals surface area (Å²) >= 11 is 3.66. The fourth-order valence-electron chi connectivity index (χ4n) is 3.45. The molecule has 0 aliphatic rings. The normalized spacial score (nSPS) is 11.6. The first kappa shape index (κ1) is 21.5. The fourth-order valence-corrected chi connectivity index (χ4v) is 4.02. The molecule has 0 radical (unpaired) electrons. The van der Waals surface area contributed by atoms with E-state index in [1.54, 1.807) is 23.3 Å². The average Bonchev–Trinajstić information content (AvgIpc) is 2.92. The number of fused-ring (bicyclic) bond motifs is 1. The molecule has 2 aromatic heterocycles. The Morgan fingerprint density at radius 3 is 2.59 bits per heavy atom. The largest absolute Gasteiger partial charge is 0.383 e. The molecule has 0 atom stereocenters. The highest BCUT2D eigenvalue weighted by Crippen LogP contribution is 2.29. The number of likely N-dealkylation sites (N-methyl/N-ethyl adjacent to an activating group) is 1. The van der Waals surface area contributed by atoms with Gasteiger partial charge in [-0.15, -0.1) is 0 Å². The lowest BCUT2D eigenvalue weighted by Crippen LogP contribution is -2.29. The van der Waals surface area contributed by atoms with Crippen molar-refractivity contribution in [3.8, 4) is 5.69 Å². The van der Waals surface area contributed by atoms with Crippen molar-refractivity contribution in [2.45, 2.75) is 33.6 Å². The molecule has 0 amide bonds. The van der Waals surface area contributed by atoms with Gasteiger partial charge in [-0.25, -0.2) is 19.3 Å². The number of benzene rings is 1. The lowest BCUT2D eigenvalue weighted by molar-refractivity contribution is 0.205. The lowest BCUT2D eigenvalue weighted by atomic mass is 10.0. The molecule has 0 aliphatic heterocycles. The Morgan fingerprint density at radius 2 is 2.00 bits per heavy atom. The molecular weight excluding hydrogens is 434 g/mol. The number of aromatic nitrogens is 4. The van der Waals surface area contributed by atoms with Gasteiger partial charge in [-0.05, 0) is 53.4 Å². The van der Waals surface area contributed by atoms with Crippen LogP contribution in [0.1, 0.15) is 38.1 Å². The number of hydrogen-bond donors (Lipinski definition) is 0. The maximum Gasteiger partial charge on any atom is 0.334 e. The van der Waals surface area contributed by atoms with Crippen LogP contribution in [-0.2, 0) is 11.8 Å². The molecule has 2 heterocycles. The zero-order valence-corrected chi connectivity index (χ0v) is 19.4. The van der Waals surface area contributed by atoms with Crippen molar-refractivity contribution in [1.29, 1.82) is 0 Å². The van der Waals surface area contributed by atoms with Gasteiger partial charge in [0.2, 0.25) is 0 Å². The number of imidazole rings is 1. The van der Waals surface area contributed by atoms with Gasteiger partial charge in [0.1, 0.15) is 11.3 Å². The van der Waals surface area contributed by atoms with Crippen molar-refractivity contribution in [2.75, 3.05) is 31.7 Å². The van der Waals surface area contributed by atoms with E-state index in [0.717, 1.165) is 28.0 Å². The molecule has 156 valence electrons. The van der Waals surface area contributed by atoms with Gasteiger partial charge < -0.3 is 9.64 Å². The Hall–Kier alpha value is -2.19. The van der Waals surface area contributed by atoms with Crippen LogP contribution in [0.4, 0.5) is 5.82 Å². The molecule has 0 unspecified atom stereocenters. The van der Waals surface area contributed by atoms with Gasteiger partial charge in [-0.1, -0.05) is 19.9 Å². The molecule has 0 saturated heterocycles. The van der Waals surface area contributed by atoms with E-state index >= 15 is 0 Å². The Morgan fingerprint density at radius 1 is 1.28 bits per heavy atom. The van der Waals surface area contributed by atoms with Crippen molar-refractivity contribution in [1.82, 2.24) is 19.1 Å². The van der Waals surface area contributed by atoms with Crippen molar-refractivity contribution >= 4 is 32.9 Å². The number of halogens is 1. The summed E-state index contributed by atoms with van der Waals surface area (Å²) in [6, 6.07) is 6.10. The summed E-state index contributed by atoms with van der Waals surface area (Å²) in [6.07, 6.45) is 0. The Kier molecular flexibility index (Phi) is 6.43. The third-order valence-corrected chi connectivity index (χ3v) is 5.75. The van der Waals surface area contributed by atoms with Crippen LogP contribution >= 0.6 is 15.9 Å². The quantitative estimate of drug-likeness (QED) is 0.535. The summed E-state index contributed by atoms with van der Waals surface area (Å²) in [5, 5.41) is 0. The smallest absolute Gasteiger partial charge is 0.334 e. The van der Waals surface area contributed by atoms with Gasteiger partial charge in [-0.2, -0.15) is 0 Å². The number of anilines is 1. The monoisotopic (exact) mass is 461 g/mol. The first-order chi connectivity index (χ1) is 13.8. The van der Waals surface area contributed by atoms with E-state index in [0.29, 0.717) is 30.5 Å². The molecule has 3 rings (SSSR count). The SMILES string of the molecule is CCN(CCOC)c1nc(C)nc2c1n(C)c(=O)n2-c1ccc(C(C)C)cc1Br. The summed E-state index contributed by atoms with van der Waals surface area (Å²) in [6.45, 7) is 10.2. The molecule has 0 N–H and O–H groups in total. The highest BCUT2D eigenvalue weighted by atomic mass is 79.9. The molecule has 0 spiro atoms. The van der Waals surface area contributed by atoms with Gasteiger partial charge >= 0.3 is 5.69 Å². The molecular formula is C21H28BrN5O2. The van der Waals surface area contributed by atoms with Crippen LogP contribution in [0.25, 0.3) is 16.9 Å². The zero-order chi connectivity index (χ0) is 21.3. The van der Waals surface area contributed by atoms with Crippen molar-refractivity contribution < 1.29 is 4.74 Å². The minimum atomic E-state index is -0.151. The van der Waals surface area contributed by atoms with Crippen LogP contribution in [0.15, 0.2) is 27.5 Å². The summed E-state index contributed by atoms with van der Waals surface area (Å²) in [5.74, 6) is 1.78. The van der Waals surface area contributed by atoms with Gasteiger partial charge in [0.15, 0.2) is 11.5 Å². The number of ether oxygens (including phenoxy) is 1. The fraction of sp³-hybridized carbons (Fsp3) is 0.476. The van der Waals surface area contributed by atoms with E-state index in [4.69, 9.17) is 4.74 Å². The molecule has 7 nitrogen and oxygen atoms in total. The first-order valence-electron chi connectivity index (χ1n) is 9.79. The molecule has 0 aliphatic carbocycles. The van der Waals surface area contributed by atoms with Crippen LogP contribution in [0.5, 0.6) is 0 Å². The third-order valence-electron chi connectivity index (χ3n) is 5.11. The Bertz CT molecular complexity index is 1090. The molecule has 3 aromatic rings. The molecule has 0 fully saturated rings. The van der Waals surface area contributed by atoms with Crippen LogP contribution in [0.2, 0.25) is 0 Å². The van der Waals surface area contributed by atoms with Gasteiger partial charge in [0, 0.05) is 31.7 Å². The average molecular weight is 462 g/mol. The zero-order valence-electron chi connectivity index (χ0n) is 17.9. The predicted molar refractivity (Wildman–Crippen MR) is 120 cm³/mol. The molecule has 0 saturated carbocycles. The van der Waals surface area contributed by atoms with Crippen molar-refractivity contribution in [3.63, 3.8) is 0 Å². The topological polar surface area (TPSA) is 65.2 Å². The molecule has 29 heavy (non-hydrogen) atoms. The first-order valence-corrected chi connectivity index (χ1v) is 10.6. The van der Waals surface area contributed by atoms with E-state index in [9.17, 15) is 4.79 Å². The minimum absolute atomic E-state index is 0.151. The second kappa shape index (κ2) is 8.67. The van der Waals surface area contributed by atoms with Gasteiger partial charge in [0.05, 0.1) is 12.3 Å². The van der Waals surface area contributed by atoms with Crippen LogP contribution in [0.3, 0.4) is 0 Å². The summed E-state index contributed by atoms with van der Waals surface area (Å²) in [4.78, 5) is 24.7. The van der Waals surface area contributed by atoms with E-state index in [2.05, 4.69) is 63.7 Å². The highest BCUT2D eigenvalue weighted by Gasteiger charge is 2.22. The highest BCUT2D eigenvalue weighted by molar-refractivity contribution is 9.10. The number of nitrogens with zero attached hydrogens (tertiary/aromatic N) is 5. The van der Waals surface area contributed by atoms with Crippen LogP contribution in [-0.4, -0.2) is 45.9 Å². The van der Waals surface area contributed by atoms with Gasteiger partial charge in [-0.3, -0.25) is 4.57 Å². The summed E-state index contributed by atoms with van der Waals surface area (Å²) < 4.78 is 9.40. The van der Waals surface area contributed by atoms with Crippen molar-refractivity contribution in [3.05, 3.63) is 44.5 Å². The predicted octanol–water partition coefficient (Wildman–Crippen LogP) is 3.79. The number of rotatable bonds is 7. The second-order valence-electron chi connectivity index (χ2n) is 7.38. The van der Waals surface area contributed by atoms with Crippen molar-refractivity contribution in [2.24, 2.45) is 7.05 Å². The Labute approximate surface area is 179 Å². The van der Waals surface area contributed by atoms with E-state index in [1.807, 2.05) is 13.0 Å². The summed E-state index contributed by atoms with van der Waals surface area (Å²) in [7, 11) is 3.45. The van der Waals surface area contributed by atoms with Gasteiger partial charge in [0.25, 0.3) is 0 Å². The maximum atomic E-state index is 13.2. The van der Waals surface area contributed by atoms with Crippen LogP contribution in [0, 0.1) is 6.92 Å². The summed E-state index contributed by atoms with van der Waals surface area (Å²) in [5.41, 5.74) is 3.15. The number of methoxy groups -OCH3 is 1. The van der Waals surface area contributed by atoms with E-state index in [-0.39, 0.29) is 5.69 Å². The molecule has 0 bridgehead atoms. The standard InChI is InChI=1S/C21H28BrN5O2/c1-7-26(10-11-29-6)19-18-20(24-14(4)23-19)27(21(28)25(18)5)17-9-8-15(13(2)3)12-16(17)22/h8-9,12-13H,7,10-11H2,1-6H3. The number of aryl methyl sites for hydroxylation is 2. The number of hydrogen-bond acceptors (Lipinski definition) is 5. The maximum absolute atomic E-state index is 13.2.